The Morgan fingerprint density at radius 2 is 1.97 bits per heavy atom. The zero-order valence-electron chi connectivity index (χ0n) is 18.0. The van der Waals surface area contributed by atoms with Crippen LogP contribution in [0.1, 0.15) is 38.2 Å². The summed E-state index contributed by atoms with van der Waals surface area (Å²) < 4.78 is 4.92. The van der Waals surface area contributed by atoms with Crippen molar-refractivity contribution in [3.05, 3.63) is 29.8 Å². The second-order valence-corrected chi connectivity index (χ2v) is 8.08. The van der Waals surface area contributed by atoms with Crippen LogP contribution < -0.4 is 10.6 Å². The van der Waals surface area contributed by atoms with Crippen molar-refractivity contribution in [2.75, 3.05) is 32.6 Å². The van der Waals surface area contributed by atoms with Crippen molar-refractivity contribution in [3.8, 4) is 0 Å². The summed E-state index contributed by atoms with van der Waals surface area (Å²) in [7, 11) is 3.18. The lowest BCUT2D eigenvalue weighted by atomic mass is 9.99. The van der Waals surface area contributed by atoms with Crippen molar-refractivity contribution in [1.82, 2.24) is 10.2 Å². The molecule has 1 saturated heterocycles. The van der Waals surface area contributed by atoms with Gasteiger partial charge in [0.25, 0.3) is 0 Å². The highest BCUT2D eigenvalue weighted by molar-refractivity contribution is 14.0. The van der Waals surface area contributed by atoms with Gasteiger partial charge in [0.15, 0.2) is 5.96 Å². The third-order valence-corrected chi connectivity index (χ3v) is 6.00. The number of ether oxygens (including phenoxy) is 1. The van der Waals surface area contributed by atoms with Crippen molar-refractivity contribution in [2.24, 2.45) is 22.7 Å². The molecule has 0 spiro atoms. The van der Waals surface area contributed by atoms with Crippen LogP contribution in [-0.4, -0.2) is 50.0 Å². The van der Waals surface area contributed by atoms with Gasteiger partial charge in [0.1, 0.15) is 0 Å². The minimum atomic E-state index is -0.166. The van der Waals surface area contributed by atoms with E-state index in [1.165, 1.54) is 7.11 Å². The number of halogens is 1. The number of benzene rings is 1. The van der Waals surface area contributed by atoms with Gasteiger partial charge < -0.3 is 20.3 Å². The standard InChI is InChI=1S/C22H32N4O3.HI/c1-15-13-26(14-19(15)21(28)29-3)22(23-2)24-12-16-7-6-10-18(11-16)25-20(27)17-8-4-5-9-17;/h6-7,10-11,15,17,19H,4-5,8-9,12-14H2,1-3H3,(H,23,24)(H,25,27);1H. The summed E-state index contributed by atoms with van der Waals surface area (Å²) in [6.45, 7) is 4.01. The fraction of sp³-hybridized carbons (Fsp3) is 0.591. The van der Waals surface area contributed by atoms with Crippen molar-refractivity contribution in [3.63, 3.8) is 0 Å². The number of nitrogens with zero attached hydrogens (tertiary/aromatic N) is 2. The van der Waals surface area contributed by atoms with Gasteiger partial charge in [-0.3, -0.25) is 14.6 Å². The molecule has 1 aromatic rings. The van der Waals surface area contributed by atoms with Crippen molar-refractivity contribution in [2.45, 2.75) is 39.2 Å². The SMILES string of the molecule is CN=C(NCc1cccc(NC(=O)C2CCCC2)c1)N1CC(C)C(C(=O)OC)C1.I. The third-order valence-electron chi connectivity index (χ3n) is 6.00. The molecule has 0 aromatic heterocycles. The Hall–Kier alpha value is -1.84. The smallest absolute Gasteiger partial charge is 0.310 e. The van der Waals surface area contributed by atoms with Crippen LogP contribution in [-0.2, 0) is 20.9 Å². The molecule has 2 N–H and O–H groups in total. The predicted molar refractivity (Wildman–Crippen MR) is 129 cm³/mol. The van der Waals surface area contributed by atoms with Crippen LogP contribution in [0.15, 0.2) is 29.3 Å². The molecule has 2 unspecified atom stereocenters. The van der Waals surface area contributed by atoms with Crippen LogP contribution in [0.2, 0.25) is 0 Å². The summed E-state index contributed by atoms with van der Waals surface area (Å²) in [5, 5.41) is 6.43. The van der Waals surface area contributed by atoms with E-state index < -0.39 is 0 Å². The van der Waals surface area contributed by atoms with E-state index in [9.17, 15) is 9.59 Å². The molecule has 166 valence electrons. The highest BCUT2D eigenvalue weighted by Gasteiger charge is 2.36. The van der Waals surface area contributed by atoms with Crippen molar-refractivity contribution < 1.29 is 14.3 Å². The van der Waals surface area contributed by atoms with Gasteiger partial charge in [0.2, 0.25) is 5.91 Å². The maximum absolute atomic E-state index is 12.4. The number of carbonyl (C=O) groups is 2. The summed E-state index contributed by atoms with van der Waals surface area (Å²) in [6.07, 6.45) is 4.27. The number of hydrogen-bond donors (Lipinski definition) is 2. The van der Waals surface area contributed by atoms with Crippen LogP contribution in [0.25, 0.3) is 0 Å². The maximum Gasteiger partial charge on any atom is 0.310 e. The lowest BCUT2D eigenvalue weighted by Gasteiger charge is -2.21. The first-order valence-corrected chi connectivity index (χ1v) is 10.4. The number of carbonyl (C=O) groups excluding carboxylic acids is 2. The number of aliphatic imine (C=N–C) groups is 1. The van der Waals surface area contributed by atoms with E-state index in [0.717, 1.165) is 49.4 Å². The number of methoxy groups -OCH3 is 1. The second kappa shape index (κ2) is 11.5. The van der Waals surface area contributed by atoms with Gasteiger partial charge >= 0.3 is 5.97 Å². The van der Waals surface area contributed by atoms with Crippen LogP contribution >= 0.6 is 24.0 Å². The molecule has 2 fully saturated rings. The molecule has 1 aromatic carbocycles. The lowest BCUT2D eigenvalue weighted by molar-refractivity contribution is -0.146. The Morgan fingerprint density at radius 3 is 2.63 bits per heavy atom. The Morgan fingerprint density at radius 1 is 1.23 bits per heavy atom. The average Bonchev–Trinajstić information content (AvgIpc) is 3.38. The third kappa shape index (κ3) is 6.09. The van der Waals surface area contributed by atoms with E-state index in [1.54, 1.807) is 7.05 Å². The summed E-state index contributed by atoms with van der Waals surface area (Å²) in [5.74, 6) is 0.964. The summed E-state index contributed by atoms with van der Waals surface area (Å²) in [6, 6.07) is 7.90. The zero-order chi connectivity index (χ0) is 20.8. The largest absolute Gasteiger partial charge is 0.469 e. The molecule has 1 saturated carbocycles. The number of nitrogens with one attached hydrogen (secondary N) is 2. The number of likely N-dealkylation sites (tertiary alicyclic amines) is 1. The van der Waals surface area contributed by atoms with Gasteiger partial charge in [0.05, 0.1) is 13.0 Å². The fourth-order valence-corrected chi connectivity index (χ4v) is 4.30. The second-order valence-electron chi connectivity index (χ2n) is 8.08. The molecule has 8 heteroatoms. The predicted octanol–water partition coefficient (Wildman–Crippen LogP) is 3.25. The first-order chi connectivity index (χ1) is 14.0. The first kappa shape index (κ1) is 24.4. The summed E-state index contributed by atoms with van der Waals surface area (Å²) >= 11 is 0. The Kier molecular flexibility index (Phi) is 9.38. The van der Waals surface area contributed by atoms with Gasteiger partial charge in [0, 0.05) is 38.3 Å². The van der Waals surface area contributed by atoms with E-state index in [1.807, 2.05) is 24.3 Å². The normalized spacial score (nSPS) is 21.8. The van der Waals surface area contributed by atoms with Crippen molar-refractivity contribution in [1.29, 1.82) is 0 Å². The van der Waals surface area contributed by atoms with Gasteiger partial charge in [-0.1, -0.05) is 31.9 Å². The summed E-state index contributed by atoms with van der Waals surface area (Å²) in [4.78, 5) is 30.8. The monoisotopic (exact) mass is 528 g/mol. The van der Waals surface area contributed by atoms with Crippen LogP contribution in [0.4, 0.5) is 5.69 Å². The Balaban J connectivity index is 0.00000320. The van der Waals surface area contributed by atoms with Gasteiger partial charge in [-0.2, -0.15) is 0 Å². The topological polar surface area (TPSA) is 83.0 Å². The highest BCUT2D eigenvalue weighted by Crippen LogP contribution is 2.26. The first-order valence-electron chi connectivity index (χ1n) is 10.4. The van der Waals surface area contributed by atoms with E-state index in [4.69, 9.17) is 4.74 Å². The van der Waals surface area contributed by atoms with E-state index in [2.05, 4.69) is 27.4 Å². The fourth-order valence-electron chi connectivity index (χ4n) is 4.30. The molecule has 1 amide bonds. The molecule has 1 heterocycles. The van der Waals surface area contributed by atoms with Gasteiger partial charge in [-0.05, 0) is 36.5 Å². The van der Waals surface area contributed by atoms with Crippen molar-refractivity contribution >= 4 is 47.5 Å². The minimum Gasteiger partial charge on any atom is -0.469 e. The lowest BCUT2D eigenvalue weighted by Crippen LogP contribution is -2.40. The Bertz CT molecular complexity index is 765. The van der Waals surface area contributed by atoms with Crippen LogP contribution in [0.3, 0.4) is 0 Å². The Labute approximate surface area is 196 Å². The maximum atomic E-state index is 12.4. The van der Waals surface area contributed by atoms with Gasteiger partial charge in [-0.15, -0.1) is 24.0 Å². The van der Waals surface area contributed by atoms with Gasteiger partial charge in [-0.25, -0.2) is 0 Å². The molecule has 1 aliphatic heterocycles. The van der Waals surface area contributed by atoms with Crippen LogP contribution in [0, 0.1) is 17.8 Å². The molecule has 0 radical (unpaired) electrons. The zero-order valence-corrected chi connectivity index (χ0v) is 20.3. The molecule has 2 aliphatic rings. The molecule has 0 bridgehead atoms. The number of amides is 1. The number of anilines is 1. The molecule has 3 rings (SSSR count). The number of guanidine groups is 1. The van der Waals surface area contributed by atoms with E-state index in [0.29, 0.717) is 13.1 Å². The minimum absolute atomic E-state index is 0. The summed E-state index contributed by atoms with van der Waals surface area (Å²) in [5.41, 5.74) is 1.89. The average molecular weight is 528 g/mol. The number of hydrogen-bond acceptors (Lipinski definition) is 4. The van der Waals surface area contributed by atoms with Crippen LogP contribution in [0.5, 0.6) is 0 Å². The number of rotatable bonds is 5. The molecule has 1 aliphatic carbocycles. The molecular weight excluding hydrogens is 495 g/mol. The van der Waals surface area contributed by atoms with E-state index >= 15 is 0 Å². The van der Waals surface area contributed by atoms with E-state index in [-0.39, 0.29) is 53.6 Å². The molecule has 2 atom stereocenters. The quantitative estimate of drug-likeness (QED) is 0.266. The molecule has 7 nitrogen and oxygen atoms in total. The molecular formula is C22H33IN4O3. The number of esters is 1. The molecule has 30 heavy (non-hydrogen) atoms. The highest BCUT2D eigenvalue weighted by atomic mass is 127.